The summed E-state index contributed by atoms with van der Waals surface area (Å²) in [6, 6.07) is 0.678. The van der Waals surface area contributed by atoms with Crippen LogP contribution >= 0.6 is 0 Å². The van der Waals surface area contributed by atoms with Crippen LogP contribution in [-0.2, 0) is 4.79 Å². The average molecular weight is 283 g/mol. The van der Waals surface area contributed by atoms with Gasteiger partial charge in [-0.15, -0.1) is 0 Å². The minimum absolute atomic E-state index is 0.165. The second-order valence-electron chi connectivity index (χ2n) is 6.64. The van der Waals surface area contributed by atoms with Crippen molar-refractivity contribution in [2.24, 2.45) is 11.8 Å². The molecule has 1 N–H and O–H groups in total. The Hall–Kier alpha value is -0.570. The molecule has 3 unspecified atom stereocenters. The van der Waals surface area contributed by atoms with Crippen molar-refractivity contribution in [3.05, 3.63) is 0 Å². The molecule has 0 aromatic carbocycles. The Kier molecular flexibility index (Phi) is 7.57. The topological polar surface area (TPSA) is 40.5 Å². The normalized spacial score (nSPS) is 27.2. The molecule has 0 bridgehead atoms. The van der Waals surface area contributed by atoms with E-state index in [1.807, 2.05) is 0 Å². The largest absolute Gasteiger partial charge is 0.481 e. The zero-order chi connectivity index (χ0) is 15.1. The summed E-state index contributed by atoms with van der Waals surface area (Å²) in [7, 11) is 0. The van der Waals surface area contributed by atoms with Gasteiger partial charge in [0.05, 0.1) is 5.92 Å². The van der Waals surface area contributed by atoms with Crippen LogP contribution in [0.25, 0.3) is 0 Å². The van der Waals surface area contributed by atoms with Gasteiger partial charge in [-0.1, -0.05) is 33.1 Å². The van der Waals surface area contributed by atoms with Crippen LogP contribution in [0.1, 0.15) is 72.6 Å². The third-order valence-electron chi connectivity index (χ3n) is 4.93. The van der Waals surface area contributed by atoms with Crippen LogP contribution in [0.3, 0.4) is 0 Å². The van der Waals surface area contributed by atoms with Gasteiger partial charge in [0.25, 0.3) is 0 Å². The van der Waals surface area contributed by atoms with Crippen LogP contribution in [0.4, 0.5) is 0 Å². The summed E-state index contributed by atoms with van der Waals surface area (Å²) in [4.78, 5) is 14.1. The molecule has 1 fully saturated rings. The highest BCUT2D eigenvalue weighted by Crippen LogP contribution is 2.35. The van der Waals surface area contributed by atoms with Crippen LogP contribution in [0.2, 0.25) is 0 Å². The van der Waals surface area contributed by atoms with E-state index in [2.05, 4.69) is 32.6 Å². The van der Waals surface area contributed by atoms with Gasteiger partial charge in [-0.05, 0) is 52.0 Å². The van der Waals surface area contributed by atoms with Gasteiger partial charge in [-0.3, -0.25) is 9.69 Å². The number of rotatable bonds is 8. The zero-order valence-corrected chi connectivity index (χ0v) is 13.8. The van der Waals surface area contributed by atoms with Crippen LogP contribution < -0.4 is 0 Å². The Bertz CT molecular complexity index is 291. The summed E-state index contributed by atoms with van der Waals surface area (Å²) in [5, 5.41) is 9.54. The van der Waals surface area contributed by atoms with Gasteiger partial charge in [-0.2, -0.15) is 0 Å². The Morgan fingerprint density at radius 3 is 2.45 bits per heavy atom. The first kappa shape index (κ1) is 17.5. The first-order valence-electron chi connectivity index (χ1n) is 8.49. The molecule has 1 aliphatic carbocycles. The third kappa shape index (κ3) is 4.76. The predicted molar refractivity (Wildman–Crippen MR) is 83.9 cm³/mol. The van der Waals surface area contributed by atoms with Crippen LogP contribution in [-0.4, -0.2) is 34.6 Å². The lowest BCUT2D eigenvalue weighted by molar-refractivity contribution is -0.146. The molecule has 1 saturated carbocycles. The third-order valence-corrected chi connectivity index (χ3v) is 4.93. The van der Waals surface area contributed by atoms with Crippen LogP contribution in [0.15, 0.2) is 0 Å². The fourth-order valence-electron chi connectivity index (χ4n) is 3.61. The molecular weight excluding hydrogens is 250 g/mol. The zero-order valence-electron chi connectivity index (χ0n) is 13.8. The van der Waals surface area contributed by atoms with Gasteiger partial charge in [0, 0.05) is 12.1 Å². The van der Waals surface area contributed by atoms with Gasteiger partial charge < -0.3 is 5.11 Å². The van der Waals surface area contributed by atoms with Crippen molar-refractivity contribution in [2.75, 3.05) is 6.54 Å². The van der Waals surface area contributed by atoms with Crippen molar-refractivity contribution in [3.63, 3.8) is 0 Å². The number of unbranched alkanes of at least 4 members (excludes halogenated alkanes) is 2. The fourth-order valence-corrected chi connectivity index (χ4v) is 3.61. The van der Waals surface area contributed by atoms with E-state index in [1.165, 1.54) is 25.7 Å². The van der Waals surface area contributed by atoms with E-state index < -0.39 is 5.97 Å². The van der Waals surface area contributed by atoms with Crippen molar-refractivity contribution >= 4 is 5.97 Å². The summed E-state index contributed by atoms with van der Waals surface area (Å²) in [5.41, 5.74) is 0. The van der Waals surface area contributed by atoms with Gasteiger partial charge in [0.1, 0.15) is 0 Å². The molecule has 3 nitrogen and oxygen atoms in total. The summed E-state index contributed by atoms with van der Waals surface area (Å²) < 4.78 is 0. The van der Waals surface area contributed by atoms with Gasteiger partial charge in [0.2, 0.25) is 0 Å². The highest BCUT2D eigenvalue weighted by atomic mass is 16.4. The molecule has 0 aromatic rings. The van der Waals surface area contributed by atoms with E-state index in [1.54, 1.807) is 0 Å². The SMILES string of the molecule is CCCCCN(C(C)C)C1CC(CC)CCC1C(=O)O. The van der Waals surface area contributed by atoms with Crippen molar-refractivity contribution in [1.82, 2.24) is 4.90 Å². The van der Waals surface area contributed by atoms with Crippen LogP contribution in [0.5, 0.6) is 0 Å². The Labute approximate surface area is 124 Å². The second kappa shape index (κ2) is 8.66. The minimum Gasteiger partial charge on any atom is -0.481 e. The lowest BCUT2D eigenvalue weighted by Gasteiger charge is -2.43. The maximum Gasteiger partial charge on any atom is 0.308 e. The van der Waals surface area contributed by atoms with E-state index in [-0.39, 0.29) is 12.0 Å². The quantitative estimate of drug-likeness (QED) is 0.680. The minimum atomic E-state index is -0.592. The Balaban J connectivity index is 2.77. The molecule has 1 rings (SSSR count). The summed E-state index contributed by atoms with van der Waals surface area (Å²) >= 11 is 0. The summed E-state index contributed by atoms with van der Waals surface area (Å²) in [5.74, 6) is -0.0458. The van der Waals surface area contributed by atoms with E-state index >= 15 is 0 Å². The summed E-state index contributed by atoms with van der Waals surface area (Å²) in [6.45, 7) is 9.92. The first-order chi connectivity index (χ1) is 9.51. The highest BCUT2D eigenvalue weighted by molar-refractivity contribution is 5.71. The van der Waals surface area contributed by atoms with Gasteiger partial charge in [0.15, 0.2) is 0 Å². The van der Waals surface area contributed by atoms with Crippen LogP contribution in [0, 0.1) is 11.8 Å². The number of carboxylic acid groups (broad SMARTS) is 1. The molecule has 0 saturated heterocycles. The molecule has 118 valence electrons. The Morgan fingerprint density at radius 2 is 1.95 bits per heavy atom. The maximum atomic E-state index is 11.6. The predicted octanol–water partition coefficient (Wildman–Crippen LogP) is 4.17. The number of hydrogen-bond donors (Lipinski definition) is 1. The molecule has 0 amide bonds. The lowest BCUT2D eigenvalue weighted by atomic mass is 9.76. The fraction of sp³-hybridized carbons (Fsp3) is 0.941. The molecule has 3 heteroatoms. The summed E-state index contributed by atoms with van der Waals surface area (Å²) in [6.07, 6.45) is 7.84. The molecule has 1 aliphatic rings. The molecule has 3 atom stereocenters. The molecule has 0 radical (unpaired) electrons. The van der Waals surface area contributed by atoms with E-state index in [9.17, 15) is 9.90 Å². The monoisotopic (exact) mass is 283 g/mol. The number of hydrogen-bond acceptors (Lipinski definition) is 2. The molecule has 0 heterocycles. The molecule has 0 aliphatic heterocycles. The number of carboxylic acids is 1. The Morgan fingerprint density at radius 1 is 1.25 bits per heavy atom. The lowest BCUT2D eigenvalue weighted by Crippen LogP contribution is -2.50. The maximum absolute atomic E-state index is 11.6. The van der Waals surface area contributed by atoms with Gasteiger partial charge >= 0.3 is 5.97 Å². The van der Waals surface area contributed by atoms with Crippen molar-refractivity contribution in [1.29, 1.82) is 0 Å². The molecule has 0 spiro atoms. The molecule has 20 heavy (non-hydrogen) atoms. The average Bonchev–Trinajstić information content (AvgIpc) is 2.42. The highest BCUT2D eigenvalue weighted by Gasteiger charge is 2.38. The van der Waals surface area contributed by atoms with Crippen molar-refractivity contribution in [2.45, 2.75) is 84.7 Å². The standard InChI is InChI=1S/C17H33NO2/c1-5-7-8-11-18(13(3)4)16-12-14(6-2)9-10-15(16)17(19)20/h13-16H,5-12H2,1-4H3,(H,19,20). The number of nitrogens with zero attached hydrogens (tertiary/aromatic N) is 1. The smallest absolute Gasteiger partial charge is 0.308 e. The second-order valence-corrected chi connectivity index (χ2v) is 6.64. The van der Waals surface area contributed by atoms with Crippen molar-refractivity contribution in [3.8, 4) is 0 Å². The van der Waals surface area contributed by atoms with Crippen molar-refractivity contribution < 1.29 is 9.90 Å². The number of carbonyl (C=O) groups is 1. The molecule has 0 aromatic heterocycles. The van der Waals surface area contributed by atoms with E-state index in [0.717, 1.165) is 25.8 Å². The van der Waals surface area contributed by atoms with Gasteiger partial charge in [-0.25, -0.2) is 0 Å². The first-order valence-corrected chi connectivity index (χ1v) is 8.49. The van der Waals surface area contributed by atoms with E-state index in [4.69, 9.17) is 0 Å². The number of aliphatic carboxylic acids is 1. The molecular formula is C17H33NO2. The van der Waals surface area contributed by atoms with E-state index in [0.29, 0.717) is 12.0 Å².